The molecule has 54 heavy (non-hydrogen) atoms. The molecule has 2 nitrogen and oxygen atoms in total. The van der Waals surface area contributed by atoms with Crippen LogP contribution in [0.5, 0.6) is 0 Å². The molecule has 9 aromatic carbocycles. The lowest BCUT2D eigenvalue weighted by atomic mass is 9.95. The monoisotopic (exact) mass is 689 g/mol. The van der Waals surface area contributed by atoms with E-state index in [1.807, 2.05) is 6.07 Å². The third kappa shape index (κ3) is 5.62. The molecule has 1 heterocycles. The zero-order valence-electron chi connectivity index (χ0n) is 29.6. The van der Waals surface area contributed by atoms with Gasteiger partial charge in [0, 0.05) is 33.3 Å². The molecule has 0 radical (unpaired) electrons. The second-order valence-corrected chi connectivity index (χ2v) is 13.7. The molecule has 0 atom stereocenters. The highest BCUT2D eigenvalue weighted by Crippen LogP contribution is 2.44. The van der Waals surface area contributed by atoms with Gasteiger partial charge in [-0.3, -0.25) is 0 Å². The van der Waals surface area contributed by atoms with Crippen molar-refractivity contribution in [3.63, 3.8) is 0 Å². The van der Waals surface area contributed by atoms with Crippen LogP contribution in [0.4, 0.5) is 17.1 Å². The van der Waals surface area contributed by atoms with Crippen molar-refractivity contribution >= 4 is 49.6 Å². The molecule has 0 N–H and O–H groups in total. The Morgan fingerprint density at radius 2 is 0.926 bits per heavy atom. The third-order valence-electron chi connectivity index (χ3n) is 10.5. The van der Waals surface area contributed by atoms with Gasteiger partial charge in [0.15, 0.2) is 0 Å². The second kappa shape index (κ2) is 13.4. The van der Waals surface area contributed by atoms with Crippen molar-refractivity contribution in [3.05, 3.63) is 212 Å². The van der Waals surface area contributed by atoms with Crippen molar-refractivity contribution in [2.75, 3.05) is 4.90 Å². The van der Waals surface area contributed by atoms with E-state index in [0.29, 0.717) is 0 Å². The zero-order chi connectivity index (χ0) is 35.8. The number of benzene rings is 9. The van der Waals surface area contributed by atoms with Gasteiger partial charge in [0.25, 0.3) is 0 Å². The van der Waals surface area contributed by atoms with E-state index in [9.17, 15) is 0 Å². The first-order valence-corrected chi connectivity index (χ1v) is 18.4. The number of rotatable bonds is 7. The number of para-hydroxylation sites is 1. The van der Waals surface area contributed by atoms with Crippen molar-refractivity contribution in [1.82, 2.24) is 0 Å². The first-order valence-electron chi connectivity index (χ1n) is 18.4. The molecule has 0 bridgehead atoms. The van der Waals surface area contributed by atoms with Crippen molar-refractivity contribution in [1.29, 1.82) is 0 Å². The second-order valence-electron chi connectivity index (χ2n) is 13.7. The number of hydrogen-bond donors (Lipinski definition) is 0. The summed E-state index contributed by atoms with van der Waals surface area (Å²) in [6.45, 7) is 0. The fourth-order valence-electron chi connectivity index (χ4n) is 7.90. The summed E-state index contributed by atoms with van der Waals surface area (Å²) in [5.74, 6) is 0.864. The molecule has 0 aliphatic rings. The third-order valence-corrected chi connectivity index (χ3v) is 10.5. The van der Waals surface area contributed by atoms with E-state index < -0.39 is 0 Å². The minimum Gasteiger partial charge on any atom is -0.455 e. The summed E-state index contributed by atoms with van der Waals surface area (Å²) in [6.07, 6.45) is 0. The molecule has 0 aliphatic heterocycles. The van der Waals surface area contributed by atoms with Gasteiger partial charge < -0.3 is 9.32 Å². The largest absolute Gasteiger partial charge is 0.455 e. The van der Waals surface area contributed by atoms with Crippen LogP contribution in [0.15, 0.2) is 217 Å². The molecule has 0 saturated heterocycles. The molecule has 0 amide bonds. The van der Waals surface area contributed by atoms with Crippen molar-refractivity contribution in [3.8, 4) is 44.7 Å². The number of anilines is 3. The normalized spacial score (nSPS) is 11.3. The molecule has 10 rings (SSSR count). The summed E-state index contributed by atoms with van der Waals surface area (Å²) in [5.41, 5.74) is 12.2. The SMILES string of the molecule is c1ccc(-c2c(-c3cccc(N(c4ccc(-c5cccc(-c6cccc7ccccc67)c5)cc4)c4cccc5ccccc45)c3)oc3ccccc23)cc1. The van der Waals surface area contributed by atoms with E-state index in [0.717, 1.165) is 50.5 Å². The molecule has 0 saturated carbocycles. The van der Waals surface area contributed by atoms with Gasteiger partial charge in [0.1, 0.15) is 11.3 Å². The molecule has 0 unspecified atom stereocenters. The van der Waals surface area contributed by atoms with Gasteiger partial charge in [-0.1, -0.05) is 170 Å². The fraction of sp³-hybridized carbons (Fsp3) is 0. The van der Waals surface area contributed by atoms with Gasteiger partial charge in [-0.15, -0.1) is 0 Å². The van der Waals surface area contributed by atoms with Crippen molar-refractivity contribution < 1.29 is 4.42 Å². The first kappa shape index (κ1) is 31.6. The molecule has 0 aliphatic carbocycles. The number of furan rings is 1. The van der Waals surface area contributed by atoms with Crippen LogP contribution in [0.2, 0.25) is 0 Å². The highest BCUT2D eigenvalue weighted by atomic mass is 16.3. The summed E-state index contributed by atoms with van der Waals surface area (Å²) in [5, 5.41) is 6.00. The van der Waals surface area contributed by atoms with E-state index in [1.165, 1.54) is 43.8 Å². The predicted octanol–water partition coefficient (Wildman–Crippen LogP) is 14.9. The Hall–Kier alpha value is -7.16. The van der Waals surface area contributed by atoms with Crippen molar-refractivity contribution in [2.24, 2.45) is 0 Å². The van der Waals surface area contributed by atoms with Crippen LogP contribution in [-0.4, -0.2) is 0 Å². The van der Waals surface area contributed by atoms with E-state index in [2.05, 4.69) is 211 Å². The lowest BCUT2D eigenvalue weighted by Gasteiger charge is -2.27. The van der Waals surface area contributed by atoms with Crippen LogP contribution < -0.4 is 4.90 Å². The minimum absolute atomic E-state index is 0.864. The first-order chi connectivity index (χ1) is 26.8. The van der Waals surface area contributed by atoms with Crippen LogP contribution in [-0.2, 0) is 0 Å². The zero-order valence-corrected chi connectivity index (χ0v) is 29.6. The van der Waals surface area contributed by atoms with E-state index in [-0.39, 0.29) is 0 Å². The molecule has 2 heteroatoms. The topological polar surface area (TPSA) is 16.4 Å². The fourth-order valence-corrected chi connectivity index (χ4v) is 7.90. The molecule has 0 spiro atoms. The lowest BCUT2D eigenvalue weighted by molar-refractivity contribution is 0.632. The van der Waals surface area contributed by atoms with Crippen LogP contribution in [0.1, 0.15) is 0 Å². The predicted molar refractivity (Wildman–Crippen MR) is 228 cm³/mol. The number of fused-ring (bicyclic) bond motifs is 3. The Bertz CT molecular complexity index is 2930. The van der Waals surface area contributed by atoms with Gasteiger partial charge in [0.05, 0.1) is 5.69 Å². The van der Waals surface area contributed by atoms with Crippen LogP contribution >= 0.6 is 0 Å². The molecular formula is C52H35NO. The van der Waals surface area contributed by atoms with Gasteiger partial charge in [-0.25, -0.2) is 0 Å². The maximum absolute atomic E-state index is 6.67. The number of hydrogen-bond acceptors (Lipinski definition) is 2. The smallest absolute Gasteiger partial charge is 0.143 e. The number of nitrogens with zero attached hydrogens (tertiary/aromatic N) is 1. The Labute approximate surface area is 314 Å². The van der Waals surface area contributed by atoms with Crippen LogP contribution in [0.3, 0.4) is 0 Å². The maximum atomic E-state index is 6.67. The molecule has 10 aromatic rings. The average Bonchev–Trinajstić information content (AvgIpc) is 3.64. The summed E-state index contributed by atoms with van der Waals surface area (Å²) in [7, 11) is 0. The van der Waals surface area contributed by atoms with E-state index in [1.54, 1.807) is 0 Å². The van der Waals surface area contributed by atoms with E-state index >= 15 is 0 Å². The van der Waals surface area contributed by atoms with Gasteiger partial charge >= 0.3 is 0 Å². The Morgan fingerprint density at radius 1 is 0.333 bits per heavy atom. The highest BCUT2D eigenvalue weighted by molar-refractivity contribution is 6.03. The molecule has 1 aromatic heterocycles. The minimum atomic E-state index is 0.864. The standard InChI is InChI=1S/C52H35NO/c1-2-16-39(17-3-1)51-48-26-8-9-29-50(48)54-52(51)42-22-11-23-44(35-42)53(49-28-13-19-38-15-5-7-25-47(38)49)43-32-30-36(31-33-43)40-20-10-21-41(34-40)46-27-12-18-37-14-4-6-24-45(37)46/h1-35H. The van der Waals surface area contributed by atoms with E-state index in [4.69, 9.17) is 4.42 Å². The molecule has 0 fully saturated rings. The van der Waals surface area contributed by atoms with Gasteiger partial charge in [0.2, 0.25) is 0 Å². The summed E-state index contributed by atoms with van der Waals surface area (Å²) in [4.78, 5) is 2.37. The summed E-state index contributed by atoms with van der Waals surface area (Å²) < 4.78 is 6.67. The van der Waals surface area contributed by atoms with Crippen molar-refractivity contribution in [2.45, 2.75) is 0 Å². The Kier molecular flexibility index (Phi) is 7.85. The summed E-state index contributed by atoms with van der Waals surface area (Å²) >= 11 is 0. The van der Waals surface area contributed by atoms with Crippen LogP contribution in [0.25, 0.3) is 77.2 Å². The average molecular weight is 690 g/mol. The lowest BCUT2D eigenvalue weighted by Crippen LogP contribution is -2.10. The Balaban J connectivity index is 1.09. The molecular weight excluding hydrogens is 655 g/mol. The Morgan fingerprint density at radius 3 is 1.76 bits per heavy atom. The molecule has 254 valence electrons. The van der Waals surface area contributed by atoms with Crippen LogP contribution in [0, 0.1) is 0 Å². The van der Waals surface area contributed by atoms with Gasteiger partial charge in [-0.2, -0.15) is 0 Å². The summed E-state index contributed by atoms with van der Waals surface area (Å²) in [6, 6.07) is 75.7. The maximum Gasteiger partial charge on any atom is 0.143 e. The quantitative estimate of drug-likeness (QED) is 0.166. The highest BCUT2D eigenvalue weighted by Gasteiger charge is 2.21. The van der Waals surface area contributed by atoms with Gasteiger partial charge in [-0.05, 0) is 86.4 Å².